The molecule has 0 amide bonds. The minimum absolute atomic E-state index is 0.477. The van der Waals surface area contributed by atoms with E-state index in [1.807, 2.05) is 6.92 Å². The van der Waals surface area contributed by atoms with Gasteiger partial charge in [-0.1, -0.05) is 6.92 Å². The van der Waals surface area contributed by atoms with E-state index in [4.69, 9.17) is 4.74 Å². The Bertz CT molecular complexity index is 106. The van der Waals surface area contributed by atoms with E-state index in [-0.39, 0.29) is 0 Å². The molecule has 0 radical (unpaired) electrons. The summed E-state index contributed by atoms with van der Waals surface area (Å²) in [6.45, 7) is 5.33. The first-order valence-electron chi connectivity index (χ1n) is 3.96. The lowest BCUT2D eigenvalue weighted by molar-refractivity contribution is -0.118. The maximum atomic E-state index is 9.59. The summed E-state index contributed by atoms with van der Waals surface area (Å²) in [5.41, 5.74) is -0.477. The molecule has 0 aromatic rings. The minimum Gasteiger partial charge on any atom is -0.387 e. The Labute approximate surface area is 62.2 Å². The molecule has 1 N–H and O–H groups in total. The van der Waals surface area contributed by atoms with Crippen molar-refractivity contribution >= 4 is 0 Å². The third kappa shape index (κ3) is 1.70. The fraction of sp³-hybridized carbons (Fsp3) is 1.00. The number of aliphatic hydroxyl groups is 1. The van der Waals surface area contributed by atoms with Crippen LogP contribution in [0.25, 0.3) is 0 Å². The van der Waals surface area contributed by atoms with Crippen LogP contribution in [0.2, 0.25) is 0 Å². The van der Waals surface area contributed by atoms with Crippen LogP contribution < -0.4 is 0 Å². The van der Waals surface area contributed by atoms with Crippen LogP contribution in [-0.2, 0) is 4.74 Å². The summed E-state index contributed by atoms with van der Waals surface area (Å²) in [4.78, 5) is 0. The number of hydrogen-bond acceptors (Lipinski definition) is 2. The van der Waals surface area contributed by atoms with Gasteiger partial charge in [-0.3, -0.25) is 0 Å². The van der Waals surface area contributed by atoms with Crippen LogP contribution in [0, 0.1) is 5.92 Å². The van der Waals surface area contributed by atoms with E-state index in [1.165, 1.54) is 0 Å². The second-order valence-electron chi connectivity index (χ2n) is 3.37. The topological polar surface area (TPSA) is 29.5 Å². The van der Waals surface area contributed by atoms with Gasteiger partial charge >= 0.3 is 0 Å². The molecule has 2 nitrogen and oxygen atoms in total. The van der Waals surface area contributed by atoms with E-state index in [0.29, 0.717) is 19.1 Å². The van der Waals surface area contributed by atoms with Gasteiger partial charge in [0, 0.05) is 6.61 Å². The Kier molecular flexibility index (Phi) is 2.32. The SMILES string of the molecule is CCOCC1(O)CC(C)C1. The summed E-state index contributed by atoms with van der Waals surface area (Å²) < 4.78 is 5.14. The Morgan fingerprint density at radius 2 is 2.20 bits per heavy atom. The largest absolute Gasteiger partial charge is 0.387 e. The van der Waals surface area contributed by atoms with Crippen molar-refractivity contribution < 1.29 is 9.84 Å². The molecule has 0 atom stereocenters. The third-order valence-corrected chi connectivity index (χ3v) is 2.03. The summed E-state index contributed by atoms with van der Waals surface area (Å²) in [5.74, 6) is 0.686. The third-order valence-electron chi connectivity index (χ3n) is 2.03. The van der Waals surface area contributed by atoms with Gasteiger partial charge in [0.2, 0.25) is 0 Å². The number of rotatable bonds is 3. The summed E-state index contributed by atoms with van der Waals surface area (Å²) in [6.07, 6.45) is 1.82. The van der Waals surface area contributed by atoms with Gasteiger partial charge in [0.1, 0.15) is 0 Å². The van der Waals surface area contributed by atoms with Crippen molar-refractivity contribution in [2.24, 2.45) is 5.92 Å². The van der Waals surface area contributed by atoms with E-state index in [1.54, 1.807) is 0 Å². The highest BCUT2D eigenvalue weighted by Gasteiger charge is 2.39. The first-order valence-corrected chi connectivity index (χ1v) is 3.96. The van der Waals surface area contributed by atoms with Crippen molar-refractivity contribution in [3.8, 4) is 0 Å². The van der Waals surface area contributed by atoms with Gasteiger partial charge in [-0.15, -0.1) is 0 Å². The average Bonchev–Trinajstić information content (AvgIpc) is 1.81. The van der Waals surface area contributed by atoms with E-state index in [9.17, 15) is 5.11 Å². The second-order valence-corrected chi connectivity index (χ2v) is 3.37. The van der Waals surface area contributed by atoms with Gasteiger partial charge in [0.15, 0.2) is 0 Å². The fourth-order valence-corrected chi connectivity index (χ4v) is 1.65. The molecule has 1 rings (SSSR count). The highest BCUT2D eigenvalue weighted by molar-refractivity contribution is 4.91. The molecule has 0 bridgehead atoms. The molecule has 2 heteroatoms. The zero-order valence-electron chi connectivity index (χ0n) is 6.76. The Morgan fingerprint density at radius 1 is 1.60 bits per heavy atom. The quantitative estimate of drug-likeness (QED) is 0.644. The molecule has 0 aromatic carbocycles. The van der Waals surface area contributed by atoms with Crippen LogP contribution in [0.1, 0.15) is 26.7 Å². The average molecular weight is 144 g/mol. The predicted molar refractivity (Wildman–Crippen MR) is 39.8 cm³/mol. The molecule has 0 unspecified atom stereocenters. The predicted octanol–water partition coefficient (Wildman–Crippen LogP) is 1.18. The molecule has 0 aromatic heterocycles. The molecule has 60 valence electrons. The fourth-order valence-electron chi connectivity index (χ4n) is 1.65. The summed E-state index contributed by atoms with van der Waals surface area (Å²) in [7, 11) is 0. The van der Waals surface area contributed by atoms with Gasteiger partial charge in [0.05, 0.1) is 12.2 Å². The van der Waals surface area contributed by atoms with Crippen molar-refractivity contribution in [3.05, 3.63) is 0 Å². The molecule has 0 aliphatic heterocycles. The van der Waals surface area contributed by atoms with E-state index in [0.717, 1.165) is 12.8 Å². The van der Waals surface area contributed by atoms with Crippen molar-refractivity contribution in [3.63, 3.8) is 0 Å². The van der Waals surface area contributed by atoms with Crippen molar-refractivity contribution in [2.75, 3.05) is 13.2 Å². The Morgan fingerprint density at radius 3 is 2.60 bits per heavy atom. The Balaban J connectivity index is 2.15. The molecule has 1 aliphatic carbocycles. The van der Waals surface area contributed by atoms with E-state index in [2.05, 4.69) is 6.92 Å². The maximum absolute atomic E-state index is 9.59. The zero-order chi connectivity index (χ0) is 7.61. The van der Waals surface area contributed by atoms with E-state index < -0.39 is 5.60 Å². The molecule has 0 spiro atoms. The highest BCUT2D eigenvalue weighted by atomic mass is 16.5. The molecule has 0 heterocycles. The minimum atomic E-state index is -0.477. The highest BCUT2D eigenvalue weighted by Crippen LogP contribution is 2.37. The van der Waals surface area contributed by atoms with E-state index >= 15 is 0 Å². The molecule has 1 saturated carbocycles. The van der Waals surface area contributed by atoms with Crippen molar-refractivity contribution in [1.82, 2.24) is 0 Å². The Hall–Kier alpha value is -0.0800. The summed E-state index contributed by atoms with van der Waals surface area (Å²) in [6, 6.07) is 0. The van der Waals surface area contributed by atoms with Gasteiger partial charge in [-0.25, -0.2) is 0 Å². The number of hydrogen-bond donors (Lipinski definition) is 1. The second kappa shape index (κ2) is 2.89. The van der Waals surface area contributed by atoms with Crippen LogP contribution in [0.4, 0.5) is 0 Å². The molecule has 10 heavy (non-hydrogen) atoms. The van der Waals surface area contributed by atoms with Crippen molar-refractivity contribution in [1.29, 1.82) is 0 Å². The first-order chi connectivity index (χ1) is 4.66. The summed E-state index contributed by atoms with van der Waals surface area (Å²) >= 11 is 0. The molecular formula is C8H16O2. The first kappa shape index (κ1) is 8.02. The normalized spacial score (nSPS) is 39.3. The molecule has 0 saturated heterocycles. The number of ether oxygens (including phenoxy) is 1. The van der Waals surface area contributed by atoms with Crippen LogP contribution in [0.3, 0.4) is 0 Å². The van der Waals surface area contributed by atoms with Crippen LogP contribution >= 0.6 is 0 Å². The lowest BCUT2D eigenvalue weighted by atomic mass is 9.72. The van der Waals surface area contributed by atoms with Crippen LogP contribution in [0.5, 0.6) is 0 Å². The zero-order valence-corrected chi connectivity index (χ0v) is 6.76. The smallest absolute Gasteiger partial charge is 0.0885 e. The van der Waals surface area contributed by atoms with Gasteiger partial charge in [0.25, 0.3) is 0 Å². The summed E-state index contributed by atoms with van der Waals surface area (Å²) in [5, 5.41) is 9.59. The lowest BCUT2D eigenvalue weighted by Crippen LogP contribution is -2.46. The monoisotopic (exact) mass is 144 g/mol. The van der Waals surface area contributed by atoms with Crippen molar-refractivity contribution in [2.45, 2.75) is 32.3 Å². The van der Waals surface area contributed by atoms with Gasteiger partial charge in [-0.2, -0.15) is 0 Å². The van der Waals surface area contributed by atoms with Crippen LogP contribution in [-0.4, -0.2) is 23.9 Å². The molecule has 1 aliphatic rings. The molecular weight excluding hydrogens is 128 g/mol. The molecule has 1 fully saturated rings. The van der Waals surface area contributed by atoms with Gasteiger partial charge < -0.3 is 9.84 Å². The van der Waals surface area contributed by atoms with Gasteiger partial charge in [-0.05, 0) is 25.7 Å². The standard InChI is InChI=1S/C8H16O2/c1-3-10-6-8(9)4-7(2)5-8/h7,9H,3-6H2,1-2H3. The maximum Gasteiger partial charge on any atom is 0.0885 e. The van der Waals surface area contributed by atoms with Crippen LogP contribution in [0.15, 0.2) is 0 Å². The lowest BCUT2D eigenvalue weighted by Gasteiger charge is -2.41.